The largest absolute Gasteiger partial charge is 0.489 e. The number of hydrogen-bond acceptors (Lipinski definition) is 1. The first-order chi connectivity index (χ1) is 9.42. The Hall–Kier alpha value is -2.02. The molecule has 0 saturated carbocycles. The molecule has 0 amide bonds. The molecule has 0 saturated heterocycles. The third kappa shape index (κ3) is 3.05. The standard InChI is InChI=1S/C18H18O/c1-2-7-15(8-3-1)9-6-10-16-13-17-11-4-5-12-18(17)19-14-16/h1-5,7-8,11-13H,6,9-10,14H2. The SMILES string of the molecule is C1=C(CCCc2ccccc2)COc2ccccc21. The molecule has 0 spiro atoms. The van der Waals surface area contributed by atoms with Crippen LogP contribution in [0.25, 0.3) is 6.08 Å². The van der Waals surface area contributed by atoms with E-state index in [1.165, 1.54) is 23.1 Å². The molecule has 0 bridgehead atoms. The molecule has 0 N–H and O–H groups in total. The van der Waals surface area contributed by atoms with Gasteiger partial charge in [-0.05, 0) is 42.5 Å². The van der Waals surface area contributed by atoms with Gasteiger partial charge in [-0.15, -0.1) is 0 Å². The van der Waals surface area contributed by atoms with Crippen LogP contribution in [-0.4, -0.2) is 6.61 Å². The van der Waals surface area contributed by atoms with E-state index in [4.69, 9.17) is 4.74 Å². The van der Waals surface area contributed by atoms with E-state index in [0.29, 0.717) is 0 Å². The molecule has 3 rings (SSSR count). The number of para-hydroxylation sites is 1. The Bertz CT molecular complexity index is 569. The first-order valence-corrected chi connectivity index (χ1v) is 6.87. The predicted molar refractivity (Wildman–Crippen MR) is 79.3 cm³/mol. The van der Waals surface area contributed by atoms with E-state index in [0.717, 1.165) is 25.2 Å². The van der Waals surface area contributed by atoms with Gasteiger partial charge in [-0.2, -0.15) is 0 Å². The maximum Gasteiger partial charge on any atom is 0.127 e. The van der Waals surface area contributed by atoms with Crippen LogP contribution in [0, 0.1) is 0 Å². The third-order valence-electron chi connectivity index (χ3n) is 3.50. The lowest BCUT2D eigenvalue weighted by atomic mass is 10.0. The van der Waals surface area contributed by atoms with Crippen molar-refractivity contribution in [3.05, 3.63) is 71.3 Å². The summed E-state index contributed by atoms with van der Waals surface area (Å²) < 4.78 is 5.77. The van der Waals surface area contributed by atoms with Crippen molar-refractivity contribution in [2.45, 2.75) is 19.3 Å². The van der Waals surface area contributed by atoms with Crippen LogP contribution in [0.15, 0.2) is 60.2 Å². The highest BCUT2D eigenvalue weighted by Crippen LogP contribution is 2.27. The van der Waals surface area contributed by atoms with Gasteiger partial charge in [0.1, 0.15) is 12.4 Å². The summed E-state index contributed by atoms with van der Waals surface area (Å²) >= 11 is 0. The highest BCUT2D eigenvalue weighted by atomic mass is 16.5. The third-order valence-corrected chi connectivity index (χ3v) is 3.50. The van der Waals surface area contributed by atoms with Gasteiger partial charge in [-0.3, -0.25) is 0 Å². The van der Waals surface area contributed by atoms with Crippen molar-refractivity contribution in [3.8, 4) is 5.75 Å². The van der Waals surface area contributed by atoms with Crippen molar-refractivity contribution < 1.29 is 4.74 Å². The number of aryl methyl sites for hydroxylation is 1. The fraction of sp³-hybridized carbons (Fsp3) is 0.222. The number of hydrogen-bond donors (Lipinski definition) is 0. The van der Waals surface area contributed by atoms with Crippen LogP contribution in [0.1, 0.15) is 24.0 Å². The first kappa shape index (κ1) is 12.0. The van der Waals surface area contributed by atoms with Crippen molar-refractivity contribution in [1.29, 1.82) is 0 Å². The van der Waals surface area contributed by atoms with Gasteiger partial charge in [0.25, 0.3) is 0 Å². The van der Waals surface area contributed by atoms with Crippen LogP contribution in [0.3, 0.4) is 0 Å². The average molecular weight is 250 g/mol. The summed E-state index contributed by atoms with van der Waals surface area (Å²) in [6.07, 6.45) is 5.72. The van der Waals surface area contributed by atoms with Gasteiger partial charge in [0.05, 0.1) is 0 Å². The van der Waals surface area contributed by atoms with Crippen LogP contribution in [0.4, 0.5) is 0 Å². The average Bonchev–Trinajstić information content (AvgIpc) is 2.48. The minimum absolute atomic E-state index is 0.742. The summed E-state index contributed by atoms with van der Waals surface area (Å²) in [6.45, 7) is 0.742. The van der Waals surface area contributed by atoms with Crippen LogP contribution >= 0.6 is 0 Å². The van der Waals surface area contributed by atoms with Crippen molar-refractivity contribution in [2.24, 2.45) is 0 Å². The van der Waals surface area contributed by atoms with Crippen molar-refractivity contribution in [1.82, 2.24) is 0 Å². The van der Waals surface area contributed by atoms with E-state index in [1.807, 2.05) is 12.1 Å². The Balaban J connectivity index is 1.58. The molecule has 0 aromatic heterocycles. The molecule has 0 atom stereocenters. The maximum absolute atomic E-state index is 5.77. The molecule has 1 heteroatoms. The molecular formula is C18H18O. The molecule has 1 nitrogen and oxygen atoms in total. The molecule has 2 aromatic rings. The van der Waals surface area contributed by atoms with Gasteiger partial charge in [-0.1, -0.05) is 48.5 Å². The number of rotatable bonds is 4. The normalized spacial score (nSPS) is 13.4. The van der Waals surface area contributed by atoms with E-state index in [-0.39, 0.29) is 0 Å². The summed E-state index contributed by atoms with van der Waals surface area (Å²) in [6, 6.07) is 18.9. The summed E-state index contributed by atoms with van der Waals surface area (Å²) in [7, 11) is 0. The first-order valence-electron chi connectivity index (χ1n) is 6.87. The number of benzene rings is 2. The minimum Gasteiger partial charge on any atom is -0.489 e. The van der Waals surface area contributed by atoms with E-state index in [1.54, 1.807) is 0 Å². The van der Waals surface area contributed by atoms with Gasteiger partial charge >= 0.3 is 0 Å². The Morgan fingerprint density at radius 3 is 2.53 bits per heavy atom. The second kappa shape index (κ2) is 5.75. The fourth-order valence-corrected chi connectivity index (χ4v) is 2.47. The molecular weight excluding hydrogens is 232 g/mol. The summed E-state index contributed by atoms with van der Waals surface area (Å²) in [5.74, 6) is 1.01. The zero-order valence-corrected chi connectivity index (χ0v) is 11.0. The van der Waals surface area contributed by atoms with Gasteiger partial charge < -0.3 is 4.74 Å². The summed E-state index contributed by atoms with van der Waals surface area (Å²) in [5.41, 5.74) is 4.03. The van der Waals surface area contributed by atoms with Gasteiger partial charge in [0, 0.05) is 5.56 Å². The second-order valence-corrected chi connectivity index (χ2v) is 4.97. The van der Waals surface area contributed by atoms with Crippen LogP contribution in [-0.2, 0) is 6.42 Å². The van der Waals surface area contributed by atoms with Gasteiger partial charge in [-0.25, -0.2) is 0 Å². The number of fused-ring (bicyclic) bond motifs is 1. The molecule has 1 heterocycles. The Morgan fingerprint density at radius 1 is 0.842 bits per heavy atom. The quantitative estimate of drug-likeness (QED) is 0.777. The summed E-state index contributed by atoms with van der Waals surface area (Å²) in [4.78, 5) is 0. The molecule has 0 radical (unpaired) electrons. The molecule has 0 unspecified atom stereocenters. The topological polar surface area (TPSA) is 9.23 Å². The molecule has 1 aliphatic heterocycles. The lowest BCUT2D eigenvalue weighted by molar-refractivity contribution is 0.342. The van der Waals surface area contributed by atoms with Crippen molar-refractivity contribution in [3.63, 3.8) is 0 Å². The highest BCUT2D eigenvalue weighted by molar-refractivity contribution is 5.61. The van der Waals surface area contributed by atoms with Crippen LogP contribution < -0.4 is 4.74 Å². The zero-order valence-electron chi connectivity index (χ0n) is 11.0. The Morgan fingerprint density at radius 2 is 1.63 bits per heavy atom. The molecule has 0 aliphatic carbocycles. The number of ether oxygens (including phenoxy) is 1. The molecule has 96 valence electrons. The van der Waals surface area contributed by atoms with Crippen LogP contribution in [0.2, 0.25) is 0 Å². The highest BCUT2D eigenvalue weighted by Gasteiger charge is 2.09. The Kier molecular flexibility index (Phi) is 3.64. The minimum atomic E-state index is 0.742. The van der Waals surface area contributed by atoms with Crippen molar-refractivity contribution in [2.75, 3.05) is 6.61 Å². The van der Waals surface area contributed by atoms with E-state index in [2.05, 4.69) is 48.5 Å². The van der Waals surface area contributed by atoms with Crippen molar-refractivity contribution >= 4 is 6.08 Å². The van der Waals surface area contributed by atoms with Gasteiger partial charge in [0.15, 0.2) is 0 Å². The summed E-state index contributed by atoms with van der Waals surface area (Å²) in [5, 5.41) is 0. The Labute approximate surface area is 114 Å². The maximum atomic E-state index is 5.77. The lowest BCUT2D eigenvalue weighted by Gasteiger charge is -2.17. The van der Waals surface area contributed by atoms with E-state index < -0.39 is 0 Å². The monoisotopic (exact) mass is 250 g/mol. The van der Waals surface area contributed by atoms with E-state index in [9.17, 15) is 0 Å². The second-order valence-electron chi connectivity index (χ2n) is 4.97. The molecule has 1 aliphatic rings. The molecule has 0 fully saturated rings. The van der Waals surface area contributed by atoms with Gasteiger partial charge in [0.2, 0.25) is 0 Å². The lowest BCUT2D eigenvalue weighted by Crippen LogP contribution is -2.07. The van der Waals surface area contributed by atoms with Crippen LogP contribution in [0.5, 0.6) is 5.75 Å². The predicted octanol–water partition coefficient (Wildman–Crippen LogP) is 4.49. The molecule has 19 heavy (non-hydrogen) atoms. The molecule has 2 aromatic carbocycles. The zero-order chi connectivity index (χ0) is 12.9. The van der Waals surface area contributed by atoms with E-state index >= 15 is 0 Å². The smallest absolute Gasteiger partial charge is 0.127 e. The fourth-order valence-electron chi connectivity index (χ4n) is 2.47.